The topological polar surface area (TPSA) is 84.9 Å². The summed E-state index contributed by atoms with van der Waals surface area (Å²) in [7, 11) is 0. The van der Waals surface area contributed by atoms with E-state index >= 15 is 0 Å². The summed E-state index contributed by atoms with van der Waals surface area (Å²) in [6.45, 7) is 8.41. The normalized spacial score (nSPS) is 17.7. The molecule has 0 spiro atoms. The van der Waals surface area contributed by atoms with Gasteiger partial charge in [0.05, 0.1) is 6.42 Å². The quantitative estimate of drug-likeness (QED) is 0.155. The van der Waals surface area contributed by atoms with Gasteiger partial charge in [0.2, 0.25) is 3.79 Å². The number of alkyl halides is 3. The van der Waals surface area contributed by atoms with Crippen LogP contribution in [0.1, 0.15) is 91.9 Å². The fourth-order valence-electron chi connectivity index (χ4n) is 4.06. The highest BCUT2D eigenvalue weighted by atomic mass is 35.6. The molecular formula is C25H43Cl3N2O5. The van der Waals surface area contributed by atoms with E-state index in [1.807, 2.05) is 0 Å². The molecule has 0 bridgehead atoms. The molecule has 0 saturated carbocycles. The molecule has 0 aromatic carbocycles. The Balaban J connectivity index is 2.80. The highest BCUT2D eigenvalue weighted by molar-refractivity contribution is 6.67. The van der Waals surface area contributed by atoms with E-state index in [-0.39, 0.29) is 18.8 Å². The third kappa shape index (κ3) is 14.5. The Morgan fingerprint density at radius 3 is 2.17 bits per heavy atom. The van der Waals surface area contributed by atoms with Gasteiger partial charge in [-0.15, -0.1) is 0 Å². The van der Waals surface area contributed by atoms with E-state index in [2.05, 4.69) is 12.2 Å². The van der Waals surface area contributed by atoms with E-state index in [4.69, 9.17) is 44.3 Å². The molecule has 0 aromatic heterocycles. The van der Waals surface area contributed by atoms with Gasteiger partial charge in [-0.25, -0.2) is 4.79 Å². The highest BCUT2D eigenvalue weighted by Gasteiger charge is 2.38. The molecule has 1 fully saturated rings. The summed E-state index contributed by atoms with van der Waals surface area (Å²) < 4.78 is 8.89. The molecule has 7 nitrogen and oxygen atoms in total. The van der Waals surface area contributed by atoms with Gasteiger partial charge in [0.25, 0.3) is 0 Å². The van der Waals surface area contributed by atoms with Crippen molar-refractivity contribution >= 4 is 52.6 Å². The summed E-state index contributed by atoms with van der Waals surface area (Å²) in [5, 5.41) is 3.18. The van der Waals surface area contributed by atoms with Gasteiger partial charge in [-0.05, 0) is 27.2 Å². The van der Waals surface area contributed by atoms with E-state index in [1.165, 1.54) is 37.0 Å². The summed E-state index contributed by atoms with van der Waals surface area (Å²) in [5.74, 6) is -1.36. The van der Waals surface area contributed by atoms with Crippen LogP contribution >= 0.6 is 34.8 Å². The molecule has 0 unspecified atom stereocenters. The first kappa shape index (κ1) is 32.3. The molecule has 1 saturated heterocycles. The predicted octanol–water partition coefficient (Wildman–Crippen LogP) is 6.21. The average molecular weight is 558 g/mol. The SMILES string of the molecule is CCCCCCCCCC[C@H](CC(=O)OCC(Cl)(Cl)Cl)C(=O)[C@@H]1CNCCN1C(=O)OC(C)(C)C. The number of unbranched alkanes of at least 4 members (excludes halogenated alkanes) is 7. The first-order valence-electron chi connectivity index (χ1n) is 12.8. The van der Waals surface area contributed by atoms with Gasteiger partial charge in [0.1, 0.15) is 18.2 Å². The monoisotopic (exact) mass is 556 g/mol. The Hall–Kier alpha value is -0.760. The Morgan fingerprint density at radius 2 is 1.60 bits per heavy atom. The molecule has 0 aromatic rings. The smallest absolute Gasteiger partial charge is 0.410 e. The number of nitrogens with zero attached hydrogens (tertiary/aromatic N) is 1. The van der Waals surface area contributed by atoms with E-state index in [1.54, 1.807) is 20.8 Å². The first-order chi connectivity index (χ1) is 16.3. The van der Waals surface area contributed by atoms with Crippen molar-refractivity contribution in [2.45, 2.75) is 107 Å². The number of piperazine rings is 1. The van der Waals surface area contributed by atoms with Crippen LogP contribution < -0.4 is 5.32 Å². The molecular weight excluding hydrogens is 515 g/mol. The van der Waals surface area contributed by atoms with Crippen LogP contribution in [0.4, 0.5) is 4.79 Å². The maximum atomic E-state index is 13.6. The van der Waals surface area contributed by atoms with Gasteiger partial charge in [0.15, 0.2) is 5.78 Å². The van der Waals surface area contributed by atoms with Gasteiger partial charge in [-0.3, -0.25) is 14.5 Å². The second-order valence-corrected chi connectivity index (χ2v) is 12.8. The van der Waals surface area contributed by atoms with Crippen molar-refractivity contribution in [1.82, 2.24) is 10.2 Å². The molecule has 1 heterocycles. The minimum absolute atomic E-state index is 0.116. The second-order valence-electron chi connectivity index (χ2n) is 10.2. The highest BCUT2D eigenvalue weighted by Crippen LogP contribution is 2.27. The van der Waals surface area contributed by atoms with Crippen LogP contribution in [0.25, 0.3) is 0 Å². The molecule has 10 heteroatoms. The number of esters is 1. The zero-order valence-corrected chi connectivity index (χ0v) is 23.9. The Kier molecular flexibility index (Phi) is 14.9. The molecule has 0 radical (unpaired) electrons. The molecule has 1 rings (SSSR count). The van der Waals surface area contributed by atoms with Gasteiger partial charge < -0.3 is 14.8 Å². The molecule has 35 heavy (non-hydrogen) atoms. The molecule has 1 aliphatic heterocycles. The van der Waals surface area contributed by atoms with Crippen molar-refractivity contribution in [2.24, 2.45) is 5.92 Å². The number of amides is 1. The zero-order valence-electron chi connectivity index (χ0n) is 21.7. The van der Waals surface area contributed by atoms with Crippen molar-refractivity contribution in [2.75, 3.05) is 26.2 Å². The summed E-state index contributed by atoms with van der Waals surface area (Å²) >= 11 is 17.1. The number of carbonyl (C=O) groups excluding carboxylic acids is 3. The fourth-order valence-corrected chi connectivity index (χ4v) is 4.23. The standard InChI is InChI=1S/C25H43Cl3N2O5/c1-5-6-7-8-9-10-11-12-13-19(16-21(31)34-18-25(26,27)28)22(32)20-17-29-14-15-30(20)23(33)35-24(2,3)4/h19-20,29H,5-18H2,1-4H3/t19-,20+/m1/s1. The lowest BCUT2D eigenvalue weighted by molar-refractivity contribution is -0.147. The van der Waals surface area contributed by atoms with E-state index in [9.17, 15) is 14.4 Å². The summed E-state index contributed by atoms with van der Waals surface area (Å²) in [4.78, 5) is 40.3. The number of ketones is 1. The van der Waals surface area contributed by atoms with Gasteiger partial charge in [-0.1, -0.05) is 93.1 Å². The van der Waals surface area contributed by atoms with E-state index in [0.29, 0.717) is 26.1 Å². The number of ether oxygens (including phenoxy) is 2. The van der Waals surface area contributed by atoms with Crippen LogP contribution in [0.3, 0.4) is 0 Å². The average Bonchev–Trinajstić information content (AvgIpc) is 2.76. The van der Waals surface area contributed by atoms with E-state index < -0.39 is 33.4 Å². The van der Waals surface area contributed by atoms with Crippen LogP contribution in [0.5, 0.6) is 0 Å². The molecule has 0 aliphatic carbocycles. The lowest BCUT2D eigenvalue weighted by atomic mass is 9.88. The lowest BCUT2D eigenvalue weighted by Gasteiger charge is -2.37. The minimum atomic E-state index is -1.71. The minimum Gasteiger partial charge on any atom is -0.461 e. The molecule has 1 aliphatic rings. The zero-order chi connectivity index (χ0) is 26.5. The van der Waals surface area contributed by atoms with Crippen LogP contribution in [0.2, 0.25) is 0 Å². The Bertz CT molecular complexity index is 664. The predicted molar refractivity (Wildman–Crippen MR) is 141 cm³/mol. The van der Waals surface area contributed by atoms with E-state index in [0.717, 1.165) is 19.3 Å². The molecule has 1 N–H and O–H groups in total. The van der Waals surface area contributed by atoms with Gasteiger partial charge >= 0.3 is 12.1 Å². The third-order valence-electron chi connectivity index (χ3n) is 5.82. The van der Waals surface area contributed by atoms with Crippen LogP contribution in [-0.2, 0) is 19.1 Å². The molecule has 204 valence electrons. The number of rotatable bonds is 14. The van der Waals surface area contributed by atoms with Crippen LogP contribution in [0, 0.1) is 5.92 Å². The van der Waals surface area contributed by atoms with Crippen molar-refractivity contribution in [1.29, 1.82) is 0 Å². The summed E-state index contributed by atoms with van der Waals surface area (Å²) in [6, 6.07) is -0.710. The summed E-state index contributed by atoms with van der Waals surface area (Å²) in [6.07, 6.45) is 8.91. The number of Topliss-reactive ketones (excluding diaryl/α,β-unsaturated/α-hetero) is 1. The number of hydrogen-bond donors (Lipinski definition) is 1. The second kappa shape index (κ2) is 16.2. The van der Waals surface area contributed by atoms with Crippen molar-refractivity contribution in [3.05, 3.63) is 0 Å². The van der Waals surface area contributed by atoms with Crippen LogP contribution in [-0.4, -0.2) is 64.4 Å². The number of nitrogens with one attached hydrogen (secondary N) is 1. The lowest BCUT2D eigenvalue weighted by Crippen LogP contribution is -2.59. The van der Waals surface area contributed by atoms with Crippen molar-refractivity contribution < 1.29 is 23.9 Å². The number of carbonyl (C=O) groups is 3. The van der Waals surface area contributed by atoms with Crippen molar-refractivity contribution in [3.63, 3.8) is 0 Å². The summed E-state index contributed by atoms with van der Waals surface area (Å²) in [5.41, 5.74) is -0.674. The fraction of sp³-hybridized carbons (Fsp3) is 0.880. The van der Waals surface area contributed by atoms with Crippen LogP contribution in [0.15, 0.2) is 0 Å². The molecule has 2 atom stereocenters. The first-order valence-corrected chi connectivity index (χ1v) is 13.9. The largest absolute Gasteiger partial charge is 0.461 e. The maximum absolute atomic E-state index is 13.6. The number of halogens is 3. The van der Waals surface area contributed by atoms with Gasteiger partial charge in [-0.2, -0.15) is 0 Å². The Morgan fingerprint density at radius 1 is 1.00 bits per heavy atom. The molecule has 1 amide bonds. The van der Waals surface area contributed by atoms with Gasteiger partial charge in [0, 0.05) is 25.6 Å². The number of hydrogen-bond acceptors (Lipinski definition) is 6. The third-order valence-corrected chi connectivity index (χ3v) is 6.15. The van der Waals surface area contributed by atoms with Crippen molar-refractivity contribution in [3.8, 4) is 0 Å². The Labute approximate surface area is 225 Å². The maximum Gasteiger partial charge on any atom is 0.410 e.